The van der Waals surface area contributed by atoms with E-state index in [2.05, 4.69) is 31.3 Å². The molecule has 0 saturated carbocycles. The summed E-state index contributed by atoms with van der Waals surface area (Å²) in [6.07, 6.45) is 1.40. The van der Waals surface area contributed by atoms with E-state index in [1.807, 2.05) is 19.1 Å². The van der Waals surface area contributed by atoms with E-state index in [4.69, 9.17) is 5.73 Å². The molecule has 0 radical (unpaired) electrons. The molecule has 3 nitrogen and oxygen atoms in total. The van der Waals surface area contributed by atoms with Gasteiger partial charge in [-0.05, 0) is 43.9 Å². The second-order valence-corrected chi connectivity index (χ2v) is 5.03. The molecule has 1 aromatic rings. The van der Waals surface area contributed by atoms with Crippen LogP contribution in [-0.4, -0.2) is 12.5 Å². The van der Waals surface area contributed by atoms with Crippen LogP contribution in [0, 0.1) is 12.8 Å². The lowest BCUT2D eigenvalue weighted by molar-refractivity contribution is -0.122. The Morgan fingerprint density at radius 1 is 1.33 bits per heavy atom. The zero-order valence-electron chi connectivity index (χ0n) is 11.6. The second kappa shape index (κ2) is 7.17. The molecule has 0 heterocycles. The molecule has 18 heavy (non-hydrogen) atoms. The van der Waals surface area contributed by atoms with Crippen LogP contribution in [0.5, 0.6) is 0 Å². The first-order valence-electron chi connectivity index (χ1n) is 6.59. The molecule has 1 aromatic carbocycles. The van der Waals surface area contributed by atoms with E-state index in [0.29, 0.717) is 18.9 Å². The number of benzene rings is 1. The number of carbonyl (C=O) groups is 1. The van der Waals surface area contributed by atoms with Gasteiger partial charge in [0.05, 0.1) is 6.04 Å². The summed E-state index contributed by atoms with van der Waals surface area (Å²) in [4.78, 5) is 11.8. The van der Waals surface area contributed by atoms with Gasteiger partial charge in [0.2, 0.25) is 5.91 Å². The predicted octanol–water partition coefficient (Wildman–Crippen LogP) is 2.55. The Hall–Kier alpha value is -1.35. The summed E-state index contributed by atoms with van der Waals surface area (Å²) < 4.78 is 0. The zero-order chi connectivity index (χ0) is 13.5. The van der Waals surface area contributed by atoms with Gasteiger partial charge in [-0.1, -0.05) is 31.2 Å². The van der Waals surface area contributed by atoms with Gasteiger partial charge in [-0.25, -0.2) is 0 Å². The van der Waals surface area contributed by atoms with Crippen molar-refractivity contribution in [3.63, 3.8) is 0 Å². The number of hydrogen-bond acceptors (Lipinski definition) is 2. The molecule has 0 aliphatic heterocycles. The van der Waals surface area contributed by atoms with Crippen LogP contribution in [0.4, 0.5) is 0 Å². The molecule has 0 aliphatic rings. The fourth-order valence-electron chi connectivity index (χ4n) is 1.96. The van der Waals surface area contributed by atoms with Crippen molar-refractivity contribution < 1.29 is 4.79 Å². The normalized spacial score (nSPS) is 14.0. The molecule has 2 atom stereocenters. The molecule has 3 N–H and O–H groups in total. The van der Waals surface area contributed by atoms with Crippen molar-refractivity contribution in [1.29, 1.82) is 0 Å². The van der Waals surface area contributed by atoms with E-state index in [-0.39, 0.29) is 11.9 Å². The zero-order valence-corrected chi connectivity index (χ0v) is 11.6. The molecule has 1 rings (SSSR count). The van der Waals surface area contributed by atoms with Crippen molar-refractivity contribution in [2.45, 2.75) is 39.7 Å². The molecule has 0 saturated heterocycles. The van der Waals surface area contributed by atoms with Crippen LogP contribution in [0.25, 0.3) is 0 Å². The van der Waals surface area contributed by atoms with Crippen LogP contribution in [0.3, 0.4) is 0 Å². The largest absolute Gasteiger partial charge is 0.350 e. The molecule has 1 amide bonds. The topological polar surface area (TPSA) is 55.1 Å². The van der Waals surface area contributed by atoms with Gasteiger partial charge in [0.25, 0.3) is 0 Å². The van der Waals surface area contributed by atoms with Gasteiger partial charge in [-0.15, -0.1) is 0 Å². The summed E-state index contributed by atoms with van der Waals surface area (Å²) in [6, 6.07) is 8.20. The summed E-state index contributed by atoms with van der Waals surface area (Å²) >= 11 is 0. The molecule has 0 bridgehead atoms. The first-order chi connectivity index (χ1) is 8.54. The Labute approximate surface area is 110 Å². The lowest BCUT2D eigenvalue weighted by Gasteiger charge is -2.17. The van der Waals surface area contributed by atoms with Gasteiger partial charge in [0.15, 0.2) is 0 Å². The Morgan fingerprint density at radius 3 is 2.61 bits per heavy atom. The molecule has 0 aromatic heterocycles. The molecular formula is C15H24N2O. The summed E-state index contributed by atoms with van der Waals surface area (Å²) in [5.41, 5.74) is 7.93. The van der Waals surface area contributed by atoms with Crippen LogP contribution in [0.2, 0.25) is 0 Å². The van der Waals surface area contributed by atoms with E-state index >= 15 is 0 Å². The maximum Gasteiger partial charge on any atom is 0.220 e. The Morgan fingerprint density at radius 2 is 2.00 bits per heavy atom. The van der Waals surface area contributed by atoms with Crippen LogP contribution >= 0.6 is 0 Å². The van der Waals surface area contributed by atoms with E-state index in [9.17, 15) is 4.79 Å². The summed E-state index contributed by atoms with van der Waals surface area (Å²) in [5, 5.41) is 3.04. The van der Waals surface area contributed by atoms with Gasteiger partial charge < -0.3 is 11.1 Å². The highest BCUT2D eigenvalue weighted by Crippen LogP contribution is 2.17. The molecule has 1 unspecified atom stereocenters. The van der Waals surface area contributed by atoms with E-state index < -0.39 is 0 Å². The third-order valence-electron chi connectivity index (χ3n) is 3.30. The first kappa shape index (κ1) is 14.7. The Bertz CT molecular complexity index is 390. The Balaban J connectivity index is 2.47. The average Bonchev–Trinajstić information content (AvgIpc) is 2.36. The standard InChI is InChI=1S/C15H24N2O/c1-11(10-16)8-9-15(18)17-13(3)14-7-5-4-6-12(14)2/h4-7,11,13H,8-10,16H2,1-3H3,(H,17,18)/t11?,13-/m0/s1. The van der Waals surface area contributed by atoms with Gasteiger partial charge in [-0.2, -0.15) is 0 Å². The molecular weight excluding hydrogens is 224 g/mol. The van der Waals surface area contributed by atoms with Crippen LogP contribution in [0.1, 0.15) is 43.9 Å². The van der Waals surface area contributed by atoms with Crippen molar-refractivity contribution in [3.8, 4) is 0 Å². The van der Waals surface area contributed by atoms with Crippen molar-refractivity contribution in [3.05, 3.63) is 35.4 Å². The van der Waals surface area contributed by atoms with Crippen molar-refractivity contribution in [1.82, 2.24) is 5.32 Å². The SMILES string of the molecule is Cc1ccccc1[C@H](C)NC(=O)CCC(C)CN. The Kier molecular flexibility index (Phi) is 5.86. The molecule has 0 fully saturated rings. The maximum atomic E-state index is 11.8. The minimum atomic E-state index is 0.0619. The number of rotatable bonds is 6. The number of nitrogens with one attached hydrogen (secondary N) is 1. The summed E-state index contributed by atoms with van der Waals surface area (Å²) in [7, 11) is 0. The van der Waals surface area contributed by atoms with Crippen molar-refractivity contribution in [2.75, 3.05) is 6.54 Å². The van der Waals surface area contributed by atoms with Crippen molar-refractivity contribution >= 4 is 5.91 Å². The fourth-order valence-corrected chi connectivity index (χ4v) is 1.96. The van der Waals surface area contributed by atoms with Crippen LogP contribution < -0.4 is 11.1 Å². The number of amides is 1. The van der Waals surface area contributed by atoms with Crippen molar-refractivity contribution in [2.24, 2.45) is 11.7 Å². The first-order valence-corrected chi connectivity index (χ1v) is 6.59. The fraction of sp³-hybridized carbons (Fsp3) is 0.533. The highest BCUT2D eigenvalue weighted by Gasteiger charge is 2.11. The minimum Gasteiger partial charge on any atom is -0.350 e. The molecule has 0 aliphatic carbocycles. The molecule has 100 valence electrons. The quantitative estimate of drug-likeness (QED) is 0.813. The number of aryl methyl sites for hydroxylation is 1. The average molecular weight is 248 g/mol. The number of nitrogens with two attached hydrogens (primary N) is 1. The summed E-state index contributed by atoms with van der Waals surface area (Å²) in [5.74, 6) is 0.510. The van der Waals surface area contributed by atoms with Crippen LogP contribution in [-0.2, 0) is 4.79 Å². The molecule has 3 heteroatoms. The predicted molar refractivity (Wildman–Crippen MR) is 75.2 cm³/mol. The third-order valence-corrected chi connectivity index (χ3v) is 3.30. The monoisotopic (exact) mass is 248 g/mol. The van der Waals surface area contributed by atoms with Gasteiger partial charge >= 0.3 is 0 Å². The number of carbonyl (C=O) groups excluding carboxylic acids is 1. The lowest BCUT2D eigenvalue weighted by atomic mass is 10.0. The summed E-state index contributed by atoms with van der Waals surface area (Å²) in [6.45, 7) is 6.79. The van der Waals surface area contributed by atoms with Gasteiger partial charge in [-0.3, -0.25) is 4.79 Å². The van der Waals surface area contributed by atoms with Gasteiger partial charge in [0.1, 0.15) is 0 Å². The minimum absolute atomic E-state index is 0.0619. The molecule has 0 spiro atoms. The maximum absolute atomic E-state index is 11.8. The van der Waals surface area contributed by atoms with Crippen LogP contribution in [0.15, 0.2) is 24.3 Å². The highest BCUT2D eigenvalue weighted by atomic mass is 16.1. The number of hydrogen-bond donors (Lipinski definition) is 2. The van der Waals surface area contributed by atoms with Gasteiger partial charge in [0, 0.05) is 6.42 Å². The highest BCUT2D eigenvalue weighted by molar-refractivity contribution is 5.76. The van der Waals surface area contributed by atoms with E-state index in [1.165, 1.54) is 11.1 Å². The smallest absolute Gasteiger partial charge is 0.220 e. The van der Waals surface area contributed by atoms with E-state index in [0.717, 1.165) is 6.42 Å². The van der Waals surface area contributed by atoms with E-state index in [1.54, 1.807) is 0 Å². The lowest BCUT2D eigenvalue weighted by Crippen LogP contribution is -2.27. The second-order valence-electron chi connectivity index (χ2n) is 5.03. The third kappa shape index (κ3) is 4.49.